The zero-order chi connectivity index (χ0) is 27.2. The number of nitrogens with zero attached hydrogens (tertiary/aromatic N) is 3. The quantitative estimate of drug-likeness (QED) is 0.371. The van der Waals surface area contributed by atoms with Crippen LogP contribution in [0.15, 0.2) is 71.6 Å². The normalized spacial score (nSPS) is 16.7. The zero-order valence-electron chi connectivity index (χ0n) is 20.8. The number of carbonyl (C=O) groups is 1. The van der Waals surface area contributed by atoms with E-state index in [0.29, 0.717) is 5.56 Å². The number of hydrogen-bond donors (Lipinski definition) is 2. The van der Waals surface area contributed by atoms with Crippen LogP contribution in [0.4, 0.5) is 17.3 Å². The van der Waals surface area contributed by atoms with Crippen LogP contribution in [0, 0.1) is 18.3 Å². The summed E-state index contributed by atoms with van der Waals surface area (Å²) in [4.78, 5) is 17.8. The Labute approximate surface area is 220 Å². The number of rotatable bonds is 5. The highest BCUT2D eigenvalue weighted by atomic mass is 32.2. The van der Waals surface area contributed by atoms with E-state index in [1.165, 1.54) is 12.1 Å². The molecular weight excluding hydrogens is 502 g/mol. The number of sulfonamides is 1. The van der Waals surface area contributed by atoms with Crippen molar-refractivity contribution in [1.29, 1.82) is 5.26 Å². The SMILES string of the molecule is CCOC(=O)C1C(c2ccc3ccccc3c2)c2c(nc(N)c(C#N)c2N)N1S(=O)(=O)c1ccc(C)cc1. The van der Waals surface area contributed by atoms with E-state index in [-0.39, 0.29) is 40.0 Å². The Bertz CT molecular complexity index is 1730. The van der Waals surface area contributed by atoms with Gasteiger partial charge in [0.15, 0.2) is 11.9 Å². The molecular formula is C28H25N5O4S. The van der Waals surface area contributed by atoms with Gasteiger partial charge in [-0.15, -0.1) is 0 Å². The fourth-order valence-corrected chi connectivity index (χ4v) is 6.52. The molecule has 0 amide bonds. The summed E-state index contributed by atoms with van der Waals surface area (Å²) < 4.78 is 34.6. The number of benzene rings is 3. The molecule has 0 saturated heterocycles. The summed E-state index contributed by atoms with van der Waals surface area (Å²) in [7, 11) is -4.34. The first-order valence-corrected chi connectivity index (χ1v) is 13.4. The van der Waals surface area contributed by atoms with Gasteiger partial charge in [-0.2, -0.15) is 5.26 Å². The Kier molecular flexibility index (Phi) is 6.17. The highest BCUT2D eigenvalue weighted by Crippen LogP contribution is 2.51. The van der Waals surface area contributed by atoms with E-state index in [0.717, 1.165) is 20.6 Å². The van der Waals surface area contributed by atoms with Crippen molar-refractivity contribution in [2.24, 2.45) is 0 Å². The third kappa shape index (κ3) is 3.88. The lowest BCUT2D eigenvalue weighted by Crippen LogP contribution is -2.45. The zero-order valence-corrected chi connectivity index (χ0v) is 21.6. The fraction of sp³-hybridized carbons (Fsp3) is 0.179. The van der Waals surface area contributed by atoms with Crippen LogP contribution in [0.2, 0.25) is 0 Å². The minimum atomic E-state index is -4.34. The maximum absolute atomic E-state index is 14.1. The number of aryl methyl sites for hydroxylation is 1. The molecule has 0 bridgehead atoms. The molecule has 2 heterocycles. The molecule has 0 spiro atoms. The largest absolute Gasteiger partial charge is 0.464 e. The summed E-state index contributed by atoms with van der Waals surface area (Å²) in [6.45, 7) is 3.51. The number of nitriles is 1. The molecule has 9 nitrogen and oxygen atoms in total. The first-order valence-electron chi connectivity index (χ1n) is 11.9. The van der Waals surface area contributed by atoms with Crippen LogP contribution in [0.25, 0.3) is 10.8 Å². The van der Waals surface area contributed by atoms with Gasteiger partial charge >= 0.3 is 5.97 Å². The summed E-state index contributed by atoms with van der Waals surface area (Å²) in [5.74, 6) is -2.00. The van der Waals surface area contributed by atoms with Gasteiger partial charge in [0.2, 0.25) is 0 Å². The maximum Gasteiger partial charge on any atom is 0.331 e. The lowest BCUT2D eigenvalue weighted by molar-refractivity contribution is -0.144. The predicted molar refractivity (Wildman–Crippen MR) is 145 cm³/mol. The molecule has 0 radical (unpaired) electrons. The monoisotopic (exact) mass is 527 g/mol. The molecule has 1 aliphatic heterocycles. The van der Waals surface area contributed by atoms with E-state index in [4.69, 9.17) is 16.2 Å². The first kappa shape index (κ1) is 25.0. The number of fused-ring (bicyclic) bond motifs is 2. The number of ether oxygens (including phenoxy) is 1. The molecule has 3 aromatic carbocycles. The summed E-state index contributed by atoms with van der Waals surface area (Å²) in [6.07, 6.45) is 0. The number of aromatic nitrogens is 1. The third-order valence-electron chi connectivity index (χ3n) is 6.72. The molecule has 1 aromatic heterocycles. The Morgan fingerprint density at radius 1 is 1.08 bits per heavy atom. The molecule has 192 valence electrons. The van der Waals surface area contributed by atoms with E-state index in [1.54, 1.807) is 19.1 Å². The van der Waals surface area contributed by atoms with Crippen molar-refractivity contribution in [2.45, 2.75) is 30.7 Å². The molecule has 2 atom stereocenters. The lowest BCUT2D eigenvalue weighted by Gasteiger charge is -2.27. The van der Waals surface area contributed by atoms with Gasteiger partial charge < -0.3 is 16.2 Å². The Morgan fingerprint density at radius 2 is 1.76 bits per heavy atom. The molecule has 0 fully saturated rings. The van der Waals surface area contributed by atoms with Crippen LogP contribution < -0.4 is 15.8 Å². The Morgan fingerprint density at radius 3 is 2.42 bits per heavy atom. The van der Waals surface area contributed by atoms with Gasteiger partial charge in [-0.05, 0) is 42.3 Å². The van der Waals surface area contributed by atoms with Crippen LogP contribution in [0.3, 0.4) is 0 Å². The van der Waals surface area contributed by atoms with Gasteiger partial charge in [-0.3, -0.25) is 0 Å². The van der Waals surface area contributed by atoms with Crippen molar-refractivity contribution in [3.63, 3.8) is 0 Å². The summed E-state index contributed by atoms with van der Waals surface area (Å²) >= 11 is 0. The minimum Gasteiger partial charge on any atom is -0.464 e. The Hall–Kier alpha value is -4.62. The topological polar surface area (TPSA) is 152 Å². The molecule has 10 heteroatoms. The summed E-state index contributed by atoms with van der Waals surface area (Å²) in [6, 6.07) is 20.1. The van der Waals surface area contributed by atoms with Crippen LogP contribution in [0.5, 0.6) is 0 Å². The Balaban J connectivity index is 1.84. The number of esters is 1. The molecule has 4 N–H and O–H groups in total. The van der Waals surface area contributed by atoms with Crippen molar-refractivity contribution in [1.82, 2.24) is 4.98 Å². The number of nitrogen functional groups attached to an aromatic ring is 2. The van der Waals surface area contributed by atoms with E-state index < -0.39 is 28.0 Å². The van der Waals surface area contributed by atoms with Gasteiger partial charge in [0, 0.05) is 11.5 Å². The van der Waals surface area contributed by atoms with Gasteiger partial charge in [0.1, 0.15) is 17.5 Å². The molecule has 2 unspecified atom stereocenters. The fourth-order valence-electron chi connectivity index (χ4n) is 4.94. The first-order chi connectivity index (χ1) is 18.2. The average molecular weight is 528 g/mol. The highest BCUT2D eigenvalue weighted by molar-refractivity contribution is 7.93. The van der Waals surface area contributed by atoms with Gasteiger partial charge in [0.25, 0.3) is 10.0 Å². The third-order valence-corrected chi connectivity index (χ3v) is 8.51. The van der Waals surface area contributed by atoms with Gasteiger partial charge in [-0.1, -0.05) is 60.2 Å². The smallest absolute Gasteiger partial charge is 0.331 e. The predicted octanol–water partition coefficient (Wildman–Crippen LogP) is 3.85. The van der Waals surface area contributed by atoms with Crippen molar-refractivity contribution in [2.75, 3.05) is 22.4 Å². The minimum absolute atomic E-state index is 0.0240. The van der Waals surface area contributed by atoms with E-state index in [9.17, 15) is 18.5 Å². The van der Waals surface area contributed by atoms with Crippen molar-refractivity contribution >= 4 is 44.1 Å². The number of nitrogens with two attached hydrogens (primary N) is 2. The second-order valence-corrected chi connectivity index (χ2v) is 10.8. The van der Waals surface area contributed by atoms with Crippen molar-refractivity contribution in [3.8, 4) is 6.07 Å². The molecule has 5 rings (SSSR count). The lowest BCUT2D eigenvalue weighted by atomic mass is 9.85. The van der Waals surface area contributed by atoms with Crippen molar-refractivity contribution in [3.05, 3.63) is 89.0 Å². The molecule has 1 aliphatic rings. The van der Waals surface area contributed by atoms with Gasteiger partial charge in [0.05, 0.1) is 17.2 Å². The molecule has 38 heavy (non-hydrogen) atoms. The molecule has 4 aromatic rings. The second-order valence-electron chi connectivity index (χ2n) is 9.03. The van der Waals surface area contributed by atoms with E-state index >= 15 is 0 Å². The van der Waals surface area contributed by atoms with Crippen molar-refractivity contribution < 1.29 is 17.9 Å². The molecule has 0 aliphatic carbocycles. The maximum atomic E-state index is 14.1. The number of anilines is 3. The van der Waals surface area contributed by atoms with E-state index in [2.05, 4.69) is 4.98 Å². The summed E-state index contributed by atoms with van der Waals surface area (Å²) in [5, 5.41) is 11.6. The summed E-state index contributed by atoms with van der Waals surface area (Å²) in [5.41, 5.74) is 14.1. The number of pyridine rings is 1. The highest BCUT2D eigenvalue weighted by Gasteiger charge is 2.52. The second kappa shape index (κ2) is 9.36. The van der Waals surface area contributed by atoms with Crippen LogP contribution in [-0.4, -0.2) is 32.0 Å². The van der Waals surface area contributed by atoms with Crippen LogP contribution in [0.1, 0.15) is 35.1 Å². The average Bonchev–Trinajstić information content (AvgIpc) is 3.25. The number of carbonyl (C=O) groups excluding carboxylic acids is 1. The standard InChI is InChI=1S/C28H25N5O4S/c1-3-37-28(34)25-22(19-11-10-17-6-4-5-7-18(17)14-19)23-24(30)21(15-29)26(31)32-27(23)33(25)38(35,36)20-12-8-16(2)9-13-20/h4-14,22,25H,3H2,1-2H3,(H4,30,31,32). The number of hydrogen-bond acceptors (Lipinski definition) is 8. The van der Waals surface area contributed by atoms with Crippen LogP contribution in [-0.2, 0) is 19.6 Å². The van der Waals surface area contributed by atoms with E-state index in [1.807, 2.05) is 55.5 Å². The van der Waals surface area contributed by atoms with Crippen LogP contribution >= 0.6 is 0 Å². The van der Waals surface area contributed by atoms with Gasteiger partial charge in [-0.25, -0.2) is 22.5 Å². The molecule has 0 saturated carbocycles.